The number of amides is 1. The van der Waals surface area contributed by atoms with Gasteiger partial charge in [-0.15, -0.1) is 0 Å². The highest BCUT2D eigenvalue weighted by molar-refractivity contribution is 6.30. The van der Waals surface area contributed by atoms with Crippen LogP contribution in [0.4, 0.5) is 15.8 Å². The summed E-state index contributed by atoms with van der Waals surface area (Å²) in [6.45, 7) is 0. The maximum Gasteiger partial charge on any atom is 0.228 e. The van der Waals surface area contributed by atoms with Crippen LogP contribution in [-0.2, 0) is 11.2 Å². The smallest absolute Gasteiger partial charge is 0.228 e. The number of carbonyl (C=O) groups is 1. The third-order valence-corrected chi connectivity index (χ3v) is 2.81. The number of benzene rings is 2. The molecule has 2 aromatic rings. The van der Waals surface area contributed by atoms with E-state index in [0.717, 1.165) is 5.56 Å². The Morgan fingerprint density at radius 3 is 2.53 bits per heavy atom. The molecule has 0 radical (unpaired) electrons. The molecule has 1 amide bonds. The fraction of sp³-hybridized carbons (Fsp3) is 0.0714. The number of hydrogen-bond acceptors (Lipinski definition) is 2. The van der Waals surface area contributed by atoms with Gasteiger partial charge in [0.05, 0.1) is 12.1 Å². The number of nitrogen functional groups attached to an aromatic ring is 1. The van der Waals surface area contributed by atoms with Crippen molar-refractivity contribution in [1.82, 2.24) is 0 Å². The first kappa shape index (κ1) is 13.4. The number of carbonyl (C=O) groups excluding carboxylic acids is 1. The second kappa shape index (κ2) is 5.71. The third kappa shape index (κ3) is 3.69. The SMILES string of the molecule is Nc1ccc(NC(=O)Cc2ccc(Cl)cc2)cc1F. The quantitative estimate of drug-likeness (QED) is 0.847. The minimum absolute atomic E-state index is 0.0516. The first-order chi connectivity index (χ1) is 9.04. The van der Waals surface area contributed by atoms with Gasteiger partial charge >= 0.3 is 0 Å². The average molecular weight is 279 g/mol. The predicted octanol–water partition coefficient (Wildman–Crippen LogP) is 3.24. The van der Waals surface area contributed by atoms with Gasteiger partial charge in [-0.25, -0.2) is 4.39 Å². The van der Waals surface area contributed by atoms with Crippen LogP contribution < -0.4 is 11.1 Å². The zero-order chi connectivity index (χ0) is 13.8. The van der Waals surface area contributed by atoms with Gasteiger partial charge in [0, 0.05) is 10.7 Å². The molecule has 0 atom stereocenters. The van der Waals surface area contributed by atoms with Gasteiger partial charge < -0.3 is 11.1 Å². The van der Waals surface area contributed by atoms with Crippen LogP contribution in [-0.4, -0.2) is 5.91 Å². The lowest BCUT2D eigenvalue weighted by molar-refractivity contribution is -0.115. The van der Waals surface area contributed by atoms with E-state index in [4.69, 9.17) is 17.3 Å². The molecule has 98 valence electrons. The fourth-order valence-electron chi connectivity index (χ4n) is 1.60. The van der Waals surface area contributed by atoms with Gasteiger partial charge in [0.1, 0.15) is 5.82 Å². The molecule has 0 aliphatic carbocycles. The molecule has 0 saturated carbocycles. The number of hydrogen-bond donors (Lipinski definition) is 2. The first-order valence-electron chi connectivity index (χ1n) is 5.64. The summed E-state index contributed by atoms with van der Waals surface area (Å²) in [5.74, 6) is -0.782. The maximum atomic E-state index is 13.2. The van der Waals surface area contributed by atoms with Crippen LogP contribution in [0, 0.1) is 5.82 Å². The zero-order valence-electron chi connectivity index (χ0n) is 9.99. The summed E-state index contributed by atoms with van der Waals surface area (Å²) >= 11 is 5.76. The van der Waals surface area contributed by atoms with Crippen molar-refractivity contribution in [2.45, 2.75) is 6.42 Å². The van der Waals surface area contributed by atoms with Crippen LogP contribution in [0.3, 0.4) is 0 Å². The molecule has 0 spiro atoms. The van der Waals surface area contributed by atoms with E-state index in [2.05, 4.69) is 5.32 Å². The van der Waals surface area contributed by atoms with Gasteiger partial charge in [-0.2, -0.15) is 0 Å². The van der Waals surface area contributed by atoms with Gasteiger partial charge in [0.2, 0.25) is 5.91 Å². The monoisotopic (exact) mass is 278 g/mol. The molecule has 5 heteroatoms. The van der Waals surface area contributed by atoms with Gasteiger partial charge in [-0.1, -0.05) is 23.7 Å². The van der Waals surface area contributed by atoms with Gasteiger partial charge in [0.25, 0.3) is 0 Å². The molecule has 19 heavy (non-hydrogen) atoms. The Kier molecular flexibility index (Phi) is 4.02. The number of rotatable bonds is 3. The van der Waals surface area contributed by atoms with Crippen LogP contribution >= 0.6 is 11.6 Å². The molecule has 0 aliphatic heterocycles. The highest BCUT2D eigenvalue weighted by Gasteiger charge is 2.06. The first-order valence-corrected chi connectivity index (χ1v) is 6.02. The minimum Gasteiger partial charge on any atom is -0.396 e. The Bertz CT molecular complexity index is 599. The third-order valence-electron chi connectivity index (χ3n) is 2.56. The molecular weight excluding hydrogens is 267 g/mol. The number of nitrogens with one attached hydrogen (secondary N) is 1. The van der Waals surface area contributed by atoms with E-state index in [9.17, 15) is 9.18 Å². The second-order valence-electron chi connectivity index (χ2n) is 4.09. The summed E-state index contributed by atoms with van der Waals surface area (Å²) in [6, 6.07) is 11.1. The summed E-state index contributed by atoms with van der Waals surface area (Å²) < 4.78 is 13.2. The predicted molar refractivity (Wildman–Crippen MR) is 74.6 cm³/mol. The molecule has 2 rings (SSSR count). The van der Waals surface area contributed by atoms with Crippen molar-refractivity contribution in [2.24, 2.45) is 0 Å². The van der Waals surface area contributed by atoms with Gasteiger partial charge in [0.15, 0.2) is 0 Å². The largest absolute Gasteiger partial charge is 0.396 e. The Labute approximate surface area is 115 Å². The van der Waals surface area contributed by atoms with Crippen LogP contribution in [0.1, 0.15) is 5.56 Å². The topological polar surface area (TPSA) is 55.1 Å². The van der Waals surface area contributed by atoms with Gasteiger partial charge in [-0.3, -0.25) is 4.79 Å². The summed E-state index contributed by atoms with van der Waals surface area (Å²) in [4.78, 5) is 11.8. The average Bonchev–Trinajstić information content (AvgIpc) is 2.37. The van der Waals surface area contributed by atoms with E-state index in [1.54, 1.807) is 30.3 Å². The molecule has 0 saturated heterocycles. The Hall–Kier alpha value is -2.07. The van der Waals surface area contributed by atoms with Crippen LogP contribution in [0.25, 0.3) is 0 Å². The highest BCUT2D eigenvalue weighted by atomic mass is 35.5. The molecule has 0 aromatic heterocycles. The molecule has 0 unspecified atom stereocenters. The van der Waals surface area contributed by atoms with E-state index >= 15 is 0 Å². The van der Waals surface area contributed by atoms with E-state index in [-0.39, 0.29) is 18.0 Å². The molecule has 0 bridgehead atoms. The summed E-state index contributed by atoms with van der Waals surface area (Å²) in [5, 5.41) is 3.22. The molecular formula is C14H12ClFN2O. The Morgan fingerprint density at radius 2 is 1.89 bits per heavy atom. The van der Waals surface area contributed by atoms with Crippen LogP contribution in [0.5, 0.6) is 0 Å². The molecule has 3 N–H and O–H groups in total. The molecule has 0 fully saturated rings. The van der Waals surface area contributed by atoms with Crippen LogP contribution in [0.15, 0.2) is 42.5 Å². The molecule has 3 nitrogen and oxygen atoms in total. The molecule has 0 aliphatic rings. The lowest BCUT2D eigenvalue weighted by Crippen LogP contribution is -2.14. The van der Waals surface area contributed by atoms with Crippen molar-refractivity contribution in [1.29, 1.82) is 0 Å². The van der Waals surface area contributed by atoms with E-state index < -0.39 is 5.82 Å². The Balaban J connectivity index is 2.01. The molecule has 2 aromatic carbocycles. The van der Waals surface area contributed by atoms with Crippen molar-refractivity contribution in [2.75, 3.05) is 11.1 Å². The van der Waals surface area contributed by atoms with E-state index in [0.29, 0.717) is 10.7 Å². The number of anilines is 2. The zero-order valence-corrected chi connectivity index (χ0v) is 10.7. The van der Waals surface area contributed by atoms with Crippen molar-refractivity contribution in [3.8, 4) is 0 Å². The van der Waals surface area contributed by atoms with Crippen molar-refractivity contribution in [3.63, 3.8) is 0 Å². The van der Waals surface area contributed by atoms with Crippen molar-refractivity contribution in [3.05, 3.63) is 58.9 Å². The lowest BCUT2D eigenvalue weighted by Gasteiger charge is -2.06. The summed E-state index contributed by atoms with van der Waals surface area (Å²) in [7, 11) is 0. The van der Waals surface area contributed by atoms with Gasteiger partial charge in [-0.05, 0) is 35.9 Å². The minimum atomic E-state index is -0.552. The lowest BCUT2D eigenvalue weighted by atomic mass is 10.1. The van der Waals surface area contributed by atoms with Crippen LogP contribution in [0.2, 0.25) is 5.02 Å². The summed E-state index contributed by atoms with van der Waals surface area (Å²) in [6.07, 6.45) is 0.198. The Morgan fingerprint density at radius 1 is 1.21 bits per heavy atom. The van der Waals surface area contributed by atoms with Crippen molar-refractivity contribution < 1.29 is 9.18 Å². The second-order valence-corrected chi connectivity index (χ2v) is 4.52. The molecule has 0 heterocycles. The standard InChI is InChI=1S/C14H12ClFN2O/c15-10-3-1-9(2-4-10)7-14(19)18-11-5-6-13(17)12(16)8-11/h1-6,8H,7,17H2,(H,18,19). The fourth-order valence-corrected chi connectivity index (χ4v) is 1.72. The number of halogens is 2. The normalized spacial score (nSPS) is 10.2. The highest BCUT2D eigenvalue weighted by Crippen LogP contribution is 2.16. The van der Waals surface area contributed by atoms with E-state index in [1.165, 1.54) is 12.1 Å². The summed E-state index contributed by atoms with van der Waals surface area (Å²) in [5.41, 5.74) is 6.62. The van der Waals surface area contributed by atoms with E-state index in [1.807, 2.05) is 0 Å². The maximum absolute atomic E-state index is 13.2. The van der Waals surface area contributed by atoms with Crippen molar-refractivity contribution >= 4 is 28.9 Å². The number of nitrogens with two attached hydrogens (primary N) is 1.